The van der Waals surface area contributed by atoms with Crippen molar-refractivity contribution in [3.63, 3.8) is 0 Å². The summed E-state index contributed by atoms with van der Waals surface area (Å²) in [5, 5.41) is 14.9. The normalized spacial score (nSPS) is 11.5. The fourth-order valence-corrected chi connectivity index (χ4v) is 2.77. The molecule has 2 aromatic heterocycles. The Kier molecular flexibility index (Phi) is 3.98. The highest BCUT2D eigenvalue weighted by atomic mass is 32.1. The van der Waals surface area contributed by atoms with Crippen LogP contribution in [0.15, 0.2) is 16.0 Å². The van der Waals surface area contributed by atoms with Crippen LogP contribution in [-0.2, 0) is 10.3 Å². The monoisotopic (exact) mass is 277 g/mol. The van der Waals surface area contributed by atoms with Crippen molar-refractivity contribution in [1.82, 2.24) is 10.1 Å². The molecule has 0 aliphatic heterocycles. The summed E-state index contributed by atoms with van der Waals surface area (Å²) in [4.78, 5) is 5.11. The molecule has 5 nitrogen and oxygen atoms in total. The first-order valence-corrected chi connectivity index (χ1v) is 6.96. The Balaban J connectivity index is 2.42. The summed E-state index contributed by atoms with van der Waals surface area (Å²) >= 11 is 1.41. The van der Waals surface area contributed by atoms with E-state index >= 15 is 0 Å². The van der Waals surface area contributed by atoms with E-state index in [0.29, 0.717) is 22.2 Å². The third kappa shape index (κ3) is 2.27. The van der Waals surface area contributed by atoms with Gasteiger partial charge >= 0.3 is 0 Å². The van der Waals surface area contributed by atoms with Crippen LogP contribution in [-0.4, -0.2) is 17.3 Å². The lowest BCUT2D eigenvalue weighted by molar-refractivity contribution is -0.0306. The van der Waals surface area contributed by atoms with Crippen LogP contribution in [0.4, 0.5) is 0 Å². The maximum atomic E-state index is 9.02. The zero-order chi connectivity index (χ0) is 13.9. The van der Waals surface area contributed by atoms with Crippen molar-refractivity contribution in [3.8, 4) is 16.8 Å². The summed E-state index contributed by atoms with van der Waals surface area (Å²) in [5.74, 6) is 0.914. The Morgan fingerprint density at radius 2 is 2.21 bits per heavy atom. The van der Waals surface area contributed by atoms with E-state index in [2.05, 4.69) is 16.2 Å². The van der Waals surface area contributed by atoms with Crippen LogP contribution in [0, 0.1) is 11.3 Å². The van der Waals surface area contributed by atoms with Crippen LogP contribution in [0.2, 0.25) is 0 Å². The van der Waals surface area contributed by atoms with Crippen LogP contribution >= 0.6 is 11.3 Å². The summed E-state index contributed by atoms with van der Waals surface area (Å²) in [6.07, 6.45) is 1.52. The zero-order valence-electron chi connectivity index (χ0n) is 11.1. The molecule has 2 aromatic rings. The molecule has 0 N–H and O–H groups in total. The Labute approximate surface area is 115 Å². The first kappa shape index (κ1) is 13.7. The van der Waals surface area contributed by atoms with Crippen molar-refractivity contribution in [3.05, 3.63) is 22.8 Å². The summed E-state index contributed by atoms with van der Waals surface area (Å²) in [7, 11) is 1.65. The number of nitriles is 1. The van der Waals surface area contributed by atoms with Gasteiger partial charge in [0.2, 0.25) is 5.82 Å². The third-order valence-corrected chi connectivity index (χ3v) is 4.25. The van der Waals surface area contributed by atoms with Gasteiger partial charge in [-0.25, -0.2) is 0 Å². The molecule has 0 fully saturated rings. The van der Waals surface area contributed by atoms with E-state index in [1.165, 1.54) is 11.3 Å². The fourth-order valence-electron chi connectivity index (χ4n) is 2.01. The van der Waals surface area contributed by atoms with Gasteiger partial charge < -0.3 is 9.26 Å². The Bertz CT molecular complexity index is 585. The number of rotatable bonds is 5. The van der Waals surface area contributed by atoms with Gasteiger partial charge in [0.1, 0.15) is 16.5 Å². The zero-order valence-corrected chi connectivity index (χ0v) is 12.0. The molecule has 0 saturated heterocycles. The molecule has 0 bridgehead atoms. The average molecular weight is 277 g/mol. The minimum atomic E-state index is -0.522. The molecule has 0 radical (unpaired) electrons. The molecule has 0 aliphatic carbocycles. The number of hydrogen-bond donors (Lipinski definition) is 0. The molecule has 0 amide bonds. The van der Waals surface area contributed by atoms with Gasteiger partial charge in [-0.2, -0.15) is 10.2 Å². The third-order valence-electron chi connectivity index (χ3n) is 3.35. The van der Waals surface area contributed by atoms with E-state index in [9.17, 15) is 0 Å². The highest BCUT2D eigenvalue weighted by Crippen LogP contribution is 2.33. The minimum Gasteiger partial charge on any atom is -0.370 e. The van der Waals surface area contributed by atoms with Gasteiger partial charge in [0.05, 0.1) is 5.56 Å². The molecule has 0 atom stereocenters. The van der Waals surface area contributed by atoms with Crippen LogP contribution < -0.4 is 0 Å². The number of methoxy groups -OCH3 is 1. The van der Waals surface area contributed by atoms with Gasteiger partial charge in [-0.05, 0) is 24.3 Å². The second kappa shape index (κ2) is 5.51. The molecule has 0 aliphatic rings. The van der Waals surface area contributed by atoms with E-state index in [1.54, 1.807) is 13.2 Å². The van der Waals surface area contributed by atoms with Crippen molar-refractivity contribution >= 4 is 11.3 Å². The molecular weight excluding hydrogens is 262 g/mol. The molecule has 0 unspecified atom stereocenters. The van der Waals surface area contributed by atoms with Gasteiger partial charge in [-0.15, -0.1) is 11.3 Å². The highest BCUT2D eigenvalue weighted by Gasteiger charge is 2.34. The van der Waals surface area contributed by atoms with Crippen LogP contribution in [0.1, 0.15) is 38.1 Å². The topological polar surface area (TPSA) is 71.9 Å². The van der Waals surface area contributed by atoms with E-state index in [-0.39, 0.29) is 0 Å². The number of ether oxygens (including phenoxy) is 1. The number of thiophene rings is 1. The number of nitrogens with zero attached hydrogens (tertiary/aromatic N) is 3. The maximum absolute atomic E-state index is 9.02. The van der Waals surface area contributed by atoms with Gasteiger partial charge in [0, 0.05) is 7.11 Å². The van der Waals surface area contributed by atoms with E-state index in [4.69, 9.17) is 14.5 Å². The van der Waals surface area contributed by atoms with Crippen LogP contribution in [0.5, 0.6) is 0 Å². The van der Waals surface area contributed by atoms with Gasteiger partial charge in [0.15, 0.2) is 0 Å². The first-order chi connectivity index (χ1) is 9.20. The molecule has 19 heavy (non-hydrogen) atoms. The second-order valence-corrected chi connectivity index (χ2v) is 5.02. The molecule has 2 heterocycles. The quantitative estimate of drug-likeness (QED) is 0.838. The lowest BCUT2D eigenvalue weighted by Crippen LogP contribution is -2.28. The van der Waals surface area contributed by atoms with Gasteiger partial charge in [-0.3, -0.25) is 0 Å². The van der Waals surface area contributed by atoms with Crippen molar-refractivity contribution in [1.29, 1.82) is 5.26 Å². The Hall–Kier alpha value is -1.71. The largest absolute Gasteiger partial charge is 0.370 e. The highest BCUT2D eigenvalue weighted by molar-refractivity contribution is 7.13. The molecule has 0 spiro atoms. The number of hydrogen-bond acceptors (Lipinski definition) is 6. The average Bonchev–Trinajstić information content (AvgIpc) is 3.10. The van der Waals surface area contributed by atoms with Crippen molar-refractivity contribution in [2.45, 2.75) is 32.3 Å². The molecule has 100 valence electrons. The molecule has 0 aromatic carbocycles. The molecule has 0 saturated carbocycles. The molecule has 6 heteroatoms. The molecular formula is C13H15N3O2S. The van der Waals surface area contributed by atoms with Crippen molar-refractivity contribution < 1.29 is 9.26 Å². The first-order valence-electron chi connectivity index (χ1n) is 6.08. The fraction of sp³-hybridized carbons (Fsp3) is 0.462. The lowest BCUT2D eigenvalue weighted by atomic mass is 9.96. The summed E-state index contributed by atoms with van der Waals surface area (Å²) in [5.41, 5.74) is 0.0300. The molecule has 2 rings (SSSR count). The van der Waals surface area contributed by atoms with Gasteiger partial charge in [0.25, 0.3) is 5.89 Å². The van der Waals surface area contributed by atoms with Crippen LogP contribution in [0.3, 0.4) is 0 Å². The smallest absolute Gasteiger partial charge is 0.269 e. The second-order valence-electron chi connectivity index (χ2n) is 4.10. The van der Waals surface area contributed by atoms with E-state index in [0.717, 1.165) is 12.8 Å². The SMILES string of the molecule is CCC(CC)(OC)c1noc(-c2sccc2C#N)n1. The van der Waals surface area contributed by atoms with E-state index < -0.39 is 5.60 Å². The Morgan fingerprint density at radius 3 is 2.79 bits per heavy atom. The van der Waals surface area contributed by atoms with Gasteiger partial charge in [-0.1, -0.05) is 19.0 Å². The predicted octanol–water partition coefficient (Wildman–Crippen LogP) is 3.33. The van der Waals surface area contributed by atoms with Crippen molar-refractivity contribution in [2.75, 3.05) is 7.11 Å². The van der Waals surface area contributed by atoms with Crippen molar-refractivity contribution in [2.24, 2.45) is 0 Å². The summed E-state index contributed by atoms with van der Waals surface area (Å²) < 4.78 is 10.8. The van der Waals surface area contributed by atoms with Crippen LogP contribution in [0.25, 0.3) is 10.8 Å². The minimum absolute atomic E-state index is 0.380. The van der Waals surface area contributed by atoms with E-state index in [1.807, 2.05) is 19.2 Å². The lowest BCUT2D eigenvalue weighted by Gasteiger charge is -2.25. The summed E-state index contributed by atoms with van der Waals surface area (Å²) in [6.45, 7) is 4.05. The maximum Gasteiger partial charge on any atom is 0.269 e. The summed E-state index contributed by atoms with van der Waals surface area (Å²) in [6, 6.07) is 3.86. The predicted molar refractivity (Wildman–Crippen MR) is 71.6 cm³/mol. The number of aromatic nitrogens is 2. The standard InChI is InChI=1S/C13H15N3O2S/c1-4-13(5-2,17-3)12-15-11(18-16-12)10-9(8-14)6-7-19-10/h6-7H,4-5H2,1-3H3. The Morgan fingerprint density at radius 1 is 1.47 bits per heavy atom.